The lowest BCUT2D eigenvalue weighted by atomic mass is 10.1. The Hall–Kier alpha value is -3.76. The van der Waals surface area contributed by atoms with Crippen molar-refractivity contribution in [2.24, 2.45) is 0 Å². The molecule has 1 N–H and O–H groups in total. The molecule has 3 aromatic carbocycles. The first-order valence-corrected chi connectivity index (χ1v) is 16.2. The van der Waals surface area contributed by atoms with Crippen LogP contribution in [0.5, 0.6) is 11.5 Å². The molecule has 0 bridgehead atoms. The van der Waals surface area contributed by atoms with Crippen molar-refractivity contribution in [1.82, 2.24) is 10.2 Å². The van der Waals surface area contributed by atoms with Gasteiger partial charge in [0.1, 0.15) is 24.1 Å². The highest BCUT2D eigenvalue weighted by Gasteiger charge is 2.34. The largest absolute Gasteiger partial charge is 0.497 e. The van der Waals surface area contributed by atoms with Crippen molar-refractivity contribution < 1.29 is 27.5 Å². The summed E-state index contributed by atoms with van der Waals surface area (Å²) in [4.78, 5) is 29.0. The minimum absolute atomic E-state index is 0.0398. The van der Waals surface area contributed by atoms with Crippen molar-refractivity contribution in [2.75, 3.05) is 31.1 Å². The lowest BCUT2D eigenvalue weighted by Crippen LogP contribution is -2.52. The number of carbonyl (C=O) groups is 2. The molecular weight excluding hydrogens is 590 g/mol. The molecule has 0 aliphatic rings. The summed E-state index contributed by atoms with van der Waals surface area (Å²) in [6, 6.07) is 18.7. The second-order valence-corrected chi connectivity index (χ2v) is 12.1. The highest BCUT2D eigenvalue weighted by atomic mass is 35.5. The molecule has 0 aliphatic carbocycles. The van der Waals surface area contributed by atoms with Gasteiger partial charge >= 0.3 is 0 Å². The molecule has 9 nitrogen and oxygen atoms in total. The number of nitrogens with one attached hydrogen (secondary N) is 1. The van der Waals surface area contributed by atoms with E-state index in [1.54, 1.807) is 50.4 Å². The van der Waals surface area contributed by atoms with Crippen LogP contribution >= 0.6 is 11.6 Å². The molecule has 0 fully saturated rings. The highest BCUT2D eigenvalue weighted by molar-refractivity contribution is 7.92. The lowest BCUT2D eigenvalue weighted by Gasteiger charge is -2.33. The predicted octanol–water partition coefficient (Wildman–Crippen LogP) is 5.67. The number of nitrogens with zero attached hydrogens (tertiary/aromatic N) is 2. The average molecular weight is 630 g/mol. The first-order chi connectivity index (χ1) is 20.7. The van der Waals surface area contributed by atoms with Crippen LogP contribution in [0.3, 0.4) is 0 Å². The summed E-state index contributed by atoms with van der Waals surface area (Å²) >= 11 is 6.04. The monoisotopic (exact) mass is 629 g/mol. The Bertz CT molecular complexity index is 1450. The lowest BCUT2D eigenvalue weighted by molar-refractivity contribution is -0.140. The predicted molar refractivity (Wildman–Crippen MR) is 169 cm³/mol. The van der Waals surface area contributed by atoms with Crippen LogP contribution in [-0.2, 0) is 26.2 Å². The minimum Gasteiger partial charge on any atom is -0.497 e. The number of amides is 2. The number of hydrogen-bond donors (Lipinski definition) is 1. The summed E-state index contributed by atoms with van der Waals surface area (Å²) in [5.41, 5.74) is 0.966. The molecule has 0 saturated heterocycles. The molecule has 0 heterocycles. The van der Waals surface area contributed by atoms with Crippen molar-refractivity contribution in [3.8, 4) is 11.5 Å². The quantitative estimate of drug-likeness (QED) is 0.205. The summed E-state index contributed by atoms with van der Waals surface area (Å²) in [7, 11) is -2.70. The van der Waals surface area contributed by atoms with Gasteiger partial charge < -0.3 is 19.7 Å². The van der Waals surface area contributed by atoms with Crippen molar-refractivity contribution in [3.05, 3.63) is 83.4 Å². The smallest absolute Gasteiger partial charge is 0.264 e. The Kier molecular flexibility index (Phi) is 12.7. The van der Waals surface area contributed by atoms with Crippen molar-refractivity contribution >= 4 is 39.1 Å². The van der Waals surface area contributed by atoms with Gasteiger partial charge in [-0.25, -0.2) is 8.42 Å². The fourth-order valence-electron chi connectivity index (χ4n) is 4.54. The topological polar surface area (TPSA) is 105 Å². The molecule has 0 radical (unpaired) electrons. The van der Waals surface area contributed by atoms with Crippen LogP contribution in [0.4, 0.5) is 5.69 Å². The molecule has 0 unspecified atom stereocenters. The molecule has 3 rings (SSSR count). The van der Waals surface area contributed by atoms with Crippen LogP contribution in [0.1, 0.15) is 45.6 Å². The number of methoxy groups -OCH3 is 1. The zero-order chi connectivity index (χ0) is 31.4. The number of benzene rings is 3. The number of anilines is 1. The van der Waals surface area contributed by atoms with E-state index in [9.17, 15) is 18.0 Å². The van der Waals surface area contributed by atoms with E-state index in [0.29, 0.717) is 36.1 Å². The normalized spacial score (nSPS) is 11.8. The second kappa shape index (κ2) is 16.2. The average Bonchev–Trinajstić information content (AvgIpc) is 3.01. The molecule has 0 aromatic heterocycles. The van der Waals surface area contributed by atoms with Gasteiger partial charge in [0.25, 0.3) is 10.0 Å². The maximum atomic E-state index is 14.2. The van der Waals surface area contributed by atoms with E-state index < -0.39 is 28.5 Å². The summed E-state index contributed by atoms with van der Waals surface area (Å²) in [5, 5.41) is 3.31. The first-order valence-electron chi connectivity index (χ1n) is 14.4. The van der Waals surface area contributed by atoms with E-state index in [1.807, 2.05) is 26.0 Å². The number of halogens is 1. The van der Waals surface area contributed by atoms with Gasteiger partial charge in [-0.2, -0.15) is 0 Å². The molecule has 3 aromatic rings. The fourth-order valence-corrected chi connectivity index (χ4v) is 6.09. The van der Waals surface area contributed by atoms with Crippen molar-refractivity contribution in [3.63, 3.8) is 0 Å². The van der Waals surface area contributed by atoms with Gasteiger partial charge in [0.15, 0.2) is 0 Å². The van der Waals surface area contributed by atoms with Crippen LogP contribution in [0.2, 0.25) is 5.02 Å². The third kappa shape index (κ3) is 8.87. The maximum absolute atomic E-state index is 14.2. The number of para-hydroxylation sites is 2. The van der Waals surface area contributed by atoms with Gasteiger partial charge in [-0.15, -0.1) is 0 Å². The molecule has 43 heavy (non-hydrogen) atoms. The van der Waals surface area contributed by atoms with Crippen molar-refractivity contribution in [2.45, 2.75) is 57.5 Å². The third-order valence-electron chi connectivity index (χ3n) is 6.84. The molecule has 2 amide bonds. The van der Waals surface area contributed by atoms with Crippen LogP contribution in [0, 0.1) is 0 Å². The number of carbonyl (C=O) groups excluding carboxylic acids is 2. The summed E-state index contributed by atoms with van der Waals surface area (Å²) in [6.45, 7) is 5.94. The Labute approximate surface area is 259 Å². The third-order valence-corrected chi connectivity index (χ3v) is 8.87. The maximum Gasteiger partial charge on any atom is 0.264 e. The van der Waals surface area contributed by atoms with Gasteiger partial charge in [-0.3, -0.25) is 13.9 Å². The van der Waals surface area contributed by atoms with Crippen LogP contribution in [0.15, 0.2) is 77.7 Å². The number of ether oxygens (including phenoxy) is 2. The van der Waals surface area contributed by atoms with E-state index in [2.05, 4.69) is 5.32 Å². The zero-order valence-corrected chi connectivity index (χ0v) is 26.7. The minimum atomic E-state index is -4.26. The summed E-state index contributed by atoms with van der Waals surface area (Å²) in [5.74, 6) is 0.122. The number of hydrogen-bond acceptors (Lipinski definition) is 6. The fraction of sp³-hybridized carbons (Fsp3) is 0.375. The van der Waals surface area contributed by atoms with E-state index in [0.717, 1.165) is 22.7 Å². The van der Waals surface area contributed by atoms with Crippen molar-refractivity contribution in [1.29, 1.82) is 0 Å². The van der Waals surface area contributed by atoms with Crippen LogP contribution in [0.25, 0.3) is 0 Å². The number of unbranched alkanes of at least 4 members (excludes halogenated alkanes) is 1. The SMILES string of the molecule is CCCCNC(=O)[C@@H](CC)N(Cc1ccc(OC)cc1)C(=O)CN(c1ccccc1OCC)S(=O)(=O)c1ccc(Cl)cc1. The second-order valence-electron chi connectivity index (χ2n) is 9.80. The van der Waals surface area contributed by atoms with Gasteiger partial charge in [-0.05, 0) is 73.9 Å². The Morgan fingerprint density at radius 2 is 1.63 bits per heavy atom. The molecule has 0 saturated carbocycles. The Balaban J connectivity index is 2.08. The molecule has 0 spiro atoms. The van der Waals surface area contributed by atoms with Gasteiger partial charge in [0.05, 0.1) is 24.3 Å². The molecule has 232 valence electrons. The highest BCUT2D eigenvalue weighted by Crippen LogP contribution is 2.33. The number of rotatable bonds is 16. The zero-order valence-electron chi connectivity index (χ0n) is 25.1. The summed E-state index contributed by atoms with van der Waals surface area (Å²) < 4.78 is 40.3. The van der Waals surface area contributed by atoms with Gasteiger partial charge in [0, 0.05) is 18.1 Å². The first kappa shape index (κ1) is 33.7. The molecular formula is C32H40ClN3O6S. The van der Waals surface area contributed by atoms with E-state index in [1.165, 1.54) is 29.2 Å². The Morgan fingerprint density at radius 3 is 2.23 bits per heavy atom. The standard InChI is InChI=1S/C32H40ClN3O6S/c1-5-8-21-34-32(38)28(6-2)35(22-24-13-17-26(41-4)18-14-24)31(37)23-36(29-11-9-10-12-30(29)42-7-3)43(39,40)27-19-15-25(33)16-20-27/h9-20,28H,5-8,21-23H2,1-4H3,(H,34,38)/t28-/m1/s1. The molecule has 0 aliphatic heterocycles. The van der Waals surface area contributed by atoms with Gasteiger partial charge in [-0.1, -0.05) is 56.1 Å². The summed E-state index contributed by atoms with van der Waals surface area (Å²) in [6.07, 6.45) is 2.04. The van der Waals surface area contributed by atoms with Crippen LogP contribution in [-0.4, -0.2) is 58.0 Å². The number of sulfonamides is 1. The van der Waals surface area contributed by atoms with E-state index in [-0.39, 0.29) is 23.0 Å². The van der Waals surface area contributed by atoms with Crippen LogP contribution < -0.4 is 19.1 Å². The van der Waals surface area contributed by atoms with E-state index in [4.69, 9.17) is 21.1 Å². The molecule has 1 atom stereocenters. The molecule has 11 heteroatoms. The Morgan fingerprint density at radius 1 is 0.953 bits per heavy atom. The van der Waals surface area contributed by atoms with E-state index >= 15 is 0 Å². The van der Waals surface area contributed by atoms with Gasteiger partial charge in [0.2, 0.25) is 11.8 Å².